The van der Waals surface area contributed by atoms with Crippen molar-refractivity contribution in [3.05, 3.63) is 58.1 Å². The van der Waals surface area contributed by atoms with Crippen molar-refractivity contribution in [3.8, 4) is 5.75 Å². The van der Waals surface area contributed by atoms with Gasteiger partial charge in [-0.1, -0.05) is 23.2 Å². The van der Waals surface area contributed by atoms with Crippen LogP contribution in [-0.2, 0) is 4.79 Å². The average Bonchev–Trinajstić information content (AvgIpc) is 2.56. The van der Waals surface area contributed by atoms with Crippen LogP contribution in [0.5, 0.6) is 5.75 Å². The number of carbonyl (C=O) groups excluding carboxylic acids is 2. The maximum atomic E-state index is 13.0. The van der Waals surface area contributed by atoms with E-state index in [0.717, 1.165) is 0 Å². The third-order valence-electron chi connectivity index (χ3n) is 4.60. The van der Waals surface area contributed by atoms with Gasteiger partial charge in [-0.3, -0.25) is 10.1 Å². The summed E-state index contributed by atoms with van der Waals surface area (Å²) in [5.74, 6) is -0.426. The molecule has 0 aromatic heterocycles. The topological polar surface area (TPSA) is 79.5 Å². The zero-order valence-corrected chi connectivity index (χ0v) is 15.2. The van der Waals surface area contributed by atoms with Gasteiger partial charge in [0, 0.05) is 21.3 Å². The van der Waals surface area contributed by atoms with Crippen LogP contribution in [0.4, 0.5) is 10.5 Å². The van der Waals surface area contributed by atoms with Gasteiger partial charge in [0.15, 0.2) is 5.72 Å². The molecule has 0 radical (unpaired) electrons. The number of anilines is 1. The summed E-state index contributed by atoms with van der Waals surface area (Å²) in [7, 11) is 0. The van der Waals surface area contributed by atoms with E-state index < -0.39 is 23.7 Å². The normalized spacial score (nSPS) is 26.0. The third-order valence-corrected chi connectivity index (χ3v) is 5.09. The Morgan fingerprint density at radius 1 is 1.15 bits per heavy atom. The molecule has 134 valence electrons. The van der Waals surface area contributed by atoms with Gasteiger partial charge < -0.3 is 15.4 Å². The van der Waals surface area contributed by atoms with Crippen molar-refractivity contribution < 1.29 is 14.3 Å². The quantitative estimate of drug-likeness (QED) is 0.729. The lowest BCUT2D eigenvalue weighted by Crippen LogP contribution is -2.70. The van der Waals surface area contributed by atoms with Gasteiger partial charge in [0.2, 0.25) is 5.91 Å². The molecule has 3 N–H and O–H groups in total. The minimum atomic E-state index is -1.19. The maximum absolute atomic E-state index is 13.0. The second kappa shape index (κ2) is 6.07. The van der Waals surface area contributed by atoms with Gasteiger partial charge in [0.1, 0.15) is 11.7 Å². The molecule has 2 heterocycles. The summed E-state index contributed by atoms with van der Waals surface area (Å²) in [5.41, 5.74) is 0.0787. The number of halogens is 2. The maximum Gasteiger partial charge on any atom is 0.318 e. The Morgan fingerprint density at radius 2 is 1.85 bits per heavy atom. The summed E-state index contributed by atoms with van der Waals surface area (Å²) in [5, 5.41) is 9.46. The van der Waals surface area contributed by atoms with E-state index in [0.29, 0.717) is 27.0 Å². The molecule has 6 nitrogen and oxygen atoms in total. The minimum Gasteiger partial charge on any atom is -0.467 e. The van der Waals surface area contributed by atoms with Crippen molar-refractivity contribution in [2.24, 2.45) is 5.92 Å². The van der Waals surface area contributed by atoms with Crippen molar-refractivity contribution in [2.45, 2.75) is 18.7 Å². The van der Waals surface area contributed by atoms with E-state index in [4.69, 9.17) is 27.9 Å². The molecule has 3 amide bonds. The Hall–Kier alpha value is -2.44. The van der Waals surface area contributed by atoms with Crippen LogP contribution in [0.3, 0.4) is 0 Å². The lowest BCUT2D eigenvalue weighted by atomic mass is 9.80. The SMILES string of the molecule is C[C@@]12NC(=O)N[C@@H](c3cc(Cl)ccc3O1)[C@H]2C(=O)Nc1ccc(Cl)cc1. The van der Waals surface area contributed by atoms with E-state index in [1.165, 1.54) is 0 Å². The van der Waals surface area contributed by atoms with Crippen LogP contribution in [0.15, 0.2) is 42.5 Å². The highest BCUT2D eigenvalue weighted by Gasteiger charge is 2.55. The minimum absolute atomic E-state index is 0.294. The van der Waals surface area contributed by atoms with E-state index in [1.54, 1.807) is 49.4 Å². The van der Waals surface area contributed by atoms with Crippen LogP contribution in [0, 0.1) is 5.92 Å². The molecule has 2 aliphatic heterocycles. The van der Waals surface area contributed by atoms with Gasteiger partial charge in [0.05, 0.1) is 6.04 Å². The lowest BCUT2D eigenvalue weighted by molar-refractivity contribution is -0.133. The number of ether oxygens (including phenoxy) is 1. The molecule has 26 heavy (non-hydrogen) atoms. The number of rotatable bonds is 2. The lowest BCUT2D eigenvalue weighted by Gasteiger charge is -2.49. The summed E-state index contributed by atoms with van der Waals surface area (Å²) >= 11 is 12.0. The number of nitrogens with one attached hydrogen (secondary N) is 3. The van der Waals surface area contributed by atoms with Crippen LogP contribution < -0.4 is 20.7 Å². The molecule has 2 aromatic rings. The highest BCUT2D eigenvalue weighted by atomic mass is 35.5. The van der Waals surface area contributed by atoms with Crippen molar-refractivity contribution in [3.63, 3.8) is 0 Å². The largest absolute Gasteiger partial charge is 0.467 e. The molecule has 2 aliphatic rings. The second-order valence-electron chi connectivity index (χ2n) is 6.44. The van der Waals surface area contributed by atoms with E-state index in [2.05, 4.69) is 16.0 Å². The number of amides is 3. The molecule has 8 heteroatoms. The van der Waals surface area contributed by atoms with Crippen LogP contribution in [-0.4, -0.2) is 17.7 Å². The number of urea groups is 1. The first-order valence-electron chi connectivity index (χ1n) is 7.99. The highest BCUT2D eigenvalue weighted by molar-refractivity contribution is 6.31. The summed E-state index contributed by atoms with van der Waals surface area (Å²) < 4.78 is 5.99. The molecule has 3 atom stereocenters. The first kappa shape index (κ1) is 17.0. The number of benzene rings is 2. The molecule has 2 aromatic carbocycles. The summed E-state index contributed by atoms with van der Waals surface area (Å²) in [6.45, 7) is 1.68. The summed E-state index contributed by atoms with van der Waals surface area (Å²) in [6, 6.07) is 11.0. The Bertz CT molecular complexity index is 903. The fourth-order valence-electron chi connectivity index (χ4n) is 3.47. The number of carbonyl (C=O) groups is 2. The van der Waals surface area contributed by atoms with Crippen LogP contribution in [0.2, 0.25) is 10.0 Å². The van der Waals surface area contributed by atoms with Crippen molar-refractivity contribution in [2.75, 3.05) is 5.32 Å². The highest BCUT2D eigenvalue weighted by Crippen LogP contribution is 2.45. The van der Waals surface area contributed by atoms with E-state index in [9.17, 15) is 9.59 Å². The van der Waals surface area contributed by atoms with Crippen molar-refractivity contribution >= 4 is 40.8 Å². The average molecular weight is 392 g/mol. The van der Waals surface area contributed by atoms with Gasteiger partial charge >= 0.3 is 6.03 Å². The van der Waals surface area contributed by atoms with E-state index in [-0.39, 0.29) is 5.91 Å². The Kier molecular flexibility index (Phi) is 3.97. The van der Waals surface area contributed by atoms with E-state index >= 15 is 0 Å². The molecule has 0 saturated carbocycles. The second-order valence-corrected chi connectivity index (χ2v) is 7.31. The molecular weight excluding hydrogens is 377 g/mol. The van der Waals surface area contributed by atoms with E-state index in [1.807, 2.05) is 0 Å². The first-order chi connectivity index (χ1) is 12.4. The van der Waals surface area contributed by atoms with Crippen LogP contribution in [0.25, 0.3) is 0 Å². The fourth-order valence-corrected chi connectivity index (χ4v) is 3.77. The number of hydrogen-bond donors (Lipinski definition) is 3. The van der Waals surface area contributed by atoms with Gasteiger partial charge in [-0.05, 0) is 49.4 Å². The standard InChI is InChI=1S/C18H15Cl2N3O3/c1-18-14(16(24)21-11-5-2-9(19)3-6-11)15(22-17(25)23-18)12-8-10(20)4-7-13(12)26-18/h2-8,14-15H,1H3,(H,21,24)(H2,22,23,25)/t14-,15-,18+/m0/s1. The van der Waals surface area contributed by atoms with Gasteiger partial charge in [0.25, 0.3) is 0 Å². The third kappa shape index (κ3) is 2.85. The Balaban J connectivity index is 1.71. The zero-order valence-electron chi connectivity index (χ0n) is 13.7. The first-order valence-corrected chi connectivity index (χ1v) is 8.75. The molecule has 2 bridgehead atoms. The molecular formula is C18H15Cl2N3O3. The molecule has 0 aliphatic carbocycles. The smallest absolute Gasteiger partial charge is 0.318 e. The predicted molar refractivity (Wildman–Crippen MR) is 98.5 cm³/mol. The Morgan fingerprint density at radius 3 is 2.58 bits per heavy atom. The summed E-state index contributed by atoms with van der Waals surface area (Å²) in [4.78, 5) is 25.1. The summed E-state index contributed by atoms with van der Waals surface area (Å²) in [6.07, 6.45) is 0. The van der Waals surface area contributed by atoms with Gasteiger partial charge in [-0.25, -0.2) is 4.79 Å². The molecule has 0 unspecified atom stereocenters. The Labute approximate surface area is 159 Å². The molecule has 1 fully saturated rings. The number of fused-ring (bicyclic) bond motifs is 4. The van der Waals surface area contributed by atoms with Gasteiger partial charge in [-0.2, -0.15) is 0 Å². The van der Waals surface area contributed by atoms with Gasteiger partial charge in [-0.15, -0.1) is 0 Å². The predicted octanol–water partition coefficient (Wildman–Crippen LogP) is 3.71. The van der Waals surface area contributed by atoms with Crippen molar-refractivity contribution in [1.29, 1.82) is 0 Å². The zero-order chi connectivity index (χ0) is 18.5. The molecule has 0 spiro atoms. The fraction of sp³-hybridized carbons (Fsp3) is 0.222. The van der Waals surface area contributed by atoms with Crippen LogP contribution >= 0.6 is 23.2 Å². The van der Waals surface area contributed by atoms with Crippen molar-refractivity contribution in [1.82, 2.24) is 10.6 Å². The molecule has 4 rings (SSSR count). The van der Waals surface area contributed by atoms with Crippen LogP contribution in [0.1, 0.15) is 18.5 Å². The number of hydrogen-bond acceptors (Lipinski definition) is 3. The molecule has 1 saturated heterocycles. The monoisotopic (exact) mass is 391 g/mol.